The Morgan fingerprint density at radius 3 is 2.38 bits per heavy atom. The Morgan fingerprint density at radius 1 is 1.21 bits per heavy atom. The van der Waals surface area contributed by atoms with E-state index in [0.717, 1.165) is 30.7 Å². The normalized spacial score (nSPS) is 22.9. The molecule has 2 atom stereocenters. The van der Waals surface area contributed by atoms with Gasteiger partial charge in [0.2, 0.25) is 5.91 Å². The molecule has 160 valence electrons. The van der Waals surface area contributed by atoms with Crippen LogP contribution in [0, 0.1) is 11.3 Å². The van der Waals surface area contributed by atoms with Gasteiger partial charge < -0.3 is 15.1 Å². The van der Waals surface area contributed by atoms with Crippen LogP contribution in [0.5, 0.6) is 0 Å². The quantitative estimate of drug-likeness (QED) is 0.740. The molecule has 0 aliphatic carbocycles. The molecular weight excluding hydrogens is 412 g/mol. The summed E-state index contributed by atoms with van der Waals surface area (Å²) in [5.74, 6) is -0.281. The van der Waals surface area contributed by atoms with Crippen LogP contribution in [0.3, 0.4) is 0 Å². The summed E-state index contributed by atoms with van der Waals surface area (Å²) in [7, 11) is 0. The standard InChI is InChI=1S/C19H22F4N4O.ClH/c20-14-9-17(10-24)27(12-14)18(28)11-25-15-5-7-26(8-6-15)16-3-1-13(2-4-16)19(21,22)23;/h1-4,14-15,17,25H,5-9,11-12H2;1H/t14-,17-;/m0./s1. The lowest BCUT2D eigenvalue weighted by Gasteiger charge is -2.34. The van der Waals surface area contributed by atoms with Gasteiger partial charge in [0.15, 0.2) is 0 Å². The predicted octanol–water partition coefficient (Wildman–Crippen LogP) is 3.15. The molecule has 0 aromatic heterocycles. The number of nitrogens with zero attached hydrogens (tertiary/aromatic N) is 3. The van der Waals surface area contributed by atoms with Gasteiger partial charge in [-0.15, -0.1) is 12.4 Å². The maximum absolute atomic E-state index is 13.4. The highest BCUT2D eigenvalue weighted by molar-refractivity contribution is 5.85. The third kappa shape index (κ3) is 5.73. The van der Waals surface area contributed by atoms with Gasteiger partial charge in [-0.25, -0.2) is 4.39 Å². The molecule has 0 unspecified atom stereocenters. The van der Waals surface area contributed by atoms with Crippen molar-refractivity contribution in [2.24, 2.45) is 0 Å². The molecule has 0 bridgehead atoms. The number of nitrogens with one attached hydrogen (secondary N) is 1. The van der Waals surface area contributed by atoms with Crippen molar-refractivity contribution < 1.29 is 22.4 Å². The first kappa shape index (κ1) is 23.2. The summed E-state index contributed by atoms with van der Waals surface area (Å²) in [4.78, 5) is 15.5. The molecular formula is C19H23ClF4N4O. The first-order chi connectivity index (χ1) is 13.3. The molecule has 0 saturated carbocycles. The molecule has 1 aromatic rings. The van der Waals surface area contributed by atoms with Crippen LogP contribution in [0.2, 0.25) is 0 Å². The van der Waals surface area contributed by atoms with Crippen LogP contribution in [0.15, 0.2) is 24.3 Å². The van der Waals surface area contributed by atoms with Gasteiger partial charge in [0.25, 0.3) is 0 Å². The third-order valence-corrected chi connectivity index (χ3v) is 5.32. The van der Waals surface area contributed by atoms with E-state index in [9.17, 15) is 22.4 Å². The van der Waals surface area contributed by atoms with Gasteiger partial charge in [0, 0.05) is 31.2 Å². The molecule has 0 radical (unpaired) electrons. The predicted molar refractivity (Wildman–Crippen MR) is 103 cm³/mol. The molecule has 29 heavy (non-hydrogen) atoms. The second kappa shape index (κ2) is 9.63. The summed E-state index contributed by atoms with van der Waals surface area (Å²) in [5.41, 5.74) is 0.0739. The van der Waals surface area contributed by atoms with Crippen LogP contribution in [0.25, 0.3) is 0 Å². The second-order valence-corrected chi connectivity index (χ2v) is 7.21. The number of hydrogen-bond donors (Lipinski definition) is 1. The molecule has 2 aliphatic rings. The van der Waals surface area contributed by atoms with Crippen LogP contribution in [0.1, 0.15) is 24.8 Å². The molecule has 3 rings (SSSR count). The number of rotatable bonds is 4. The summed E-state index contributed by atoms with van der Waals surface area (Å²) in [5, 5.41) is 12.2. The highest BCUT2D eigenvalue weighted by Crippen LogP contribution is 2.31. The van der Waals surface area contributed by atoms with Gasteiger partial charge in [-0.05, 0) is 37.1 Å². The van der Waals surface area contributed by atoms with Gasteiger partial charge in [-0.3, -0.25) is 4.79 Å². The van der Waals surface area contributed by atoms with Crippen molar-refractivity contribution >= 4 is 24.0 Å². The zero-order valence-corrected chi connectivity index (χ0v) is 16.5. The van der Waals surface area contributed by atoms with Crippen LogP contribution in [-0.2, 0) is 11.0 Å². The fourth-order valence-electron chi connectivity index (χ4n) is 3.72. The van der Waals surface area contributed by atoms with Crippen molar-refractivity contribution in [2.45, 2.75) is 43.7 Å². The van der Waals surface area contributed by atoms with E-state index in [-0.39, 0.29) is 43.9 Å². The lowest BCUT2D eigenvalue weighted by atomic mass is 10.0. The van der Waals surface area contributed by atoms with Gasteiger partial charge in [-0.2, -0.15) is 18.4 Å². The SMILES string of the molecule is Cl.N#C[C@@H]1C[C@H](F)CN1C(=O)CNC1CCN(c2ccc(C(F)(F)F)cc2)CC1. The Bertz CT molecular complexity index is 729. The number of carbonyl (C=O) groups is 1. The van der Waals surface area contributed by atoms with Crippen LogP contribution in [0.4, 0.5) is 23.2 Å². The summed E-state index contributed by atoms with van der Waals surface area (Å²) >= 11 is 0. The highest BCUT2D eigenvalue weighted by atomic mass is 35.5. The number of piperidine rings is 1. The number of carbonyl (C=O) groups excluding carboxylic acids is 1. The second-order valence-electron chi connectivity index (χ2n) is 7.21. The van der Waals surface area contributed by atoms with Crippen molar-refractivity contribution in [2.75, 3.05) is 31.1 Å². The van der Waals surface area contributed by atoms with Crippen molar-refractivity contribution in [1.29, 1.82) is 5.26 Å². The Kier molecular flexibility index (Phi) is 7.72. The minimum atomic E-state index is -4.34. The lowest BCUT2D eigenvalue weighted by molar-refractivity contribution is -0.137. The minimum Gasteiger partial charge on any atom is -0.371 e. The Hall–Kier alpha value is -2.05. The van der Waals surface area contributed by atoms with Gasteiger partial charge in [-0.1, -0.05) is 0 Å². The molecule has 0 spiro atoms. The molecule has 1 N–H and O–H groups in total. The van der Waals surface area contributed by atoms with E-state index in [2.05, 4.69) is 5.32 Å². The fraction of sp³-hybridized carbons (Fsp3) is 0.579. The van der Waals surface area contributed by atoms with Crippen LogP contribution < -0.4 is 10.2 Å². The summed E-state index contributed by atoms with van der Waals surface area (Å²) in [6.07, 6.45) is -3.96. The average Bonchev–Trinajstić information content (AvgIpc) is 3.07. The van der Waals surface area contributed by atoms with E-state index in [4.69, 9.17) is 5.26 Å². The first-order valence-electron chi connectivity index (χ1n) is 9.26. The highest BCUT2D eigenvalue weighted by Gasteiger charge is 2.35. The minimum absolute atomic E-state index is 0. The van der Waals surface area contributed by atoms with Crippen molar-refractivity contribution in [3.05, 3.63) is 29.8 Å². The molecule has 1 aromatic carbocycles. The monoisotopic (exact) mass is 434 g/mol. The van der Waals surface area contributed by atoms with Crippen molar-refractivity contribution in [1.82, 2.24) is 10.2 Å². The largest absolute Gasteiger partial charge is 0.416 e. The number of hydrogen-bond acceptors (Lipinski definition) is 4. The number of nitriles is 1. The van der Waals surface area contributed by atoms with E-state index in [1.807, 2.05) is 11.0 Å². The number of likely N-dealkylation sites (tertiary alicyclic amines) is 1. The number of alkyl halides is 4. The van der Waals surface area contributed by atoms with Crippen LogP contribution >= 0.6 is 12.4 Å². The summed E-state index contributed by atoms with van der Waals surface area (Å²) < 4.78 is 51.4. The Morgan fingerprint density at radius 2 is 1.83 bits per heavy atom. The van der Waals surface area contributed by atoms with E-state index in [0.29, 0.717) is 13.1 Å². The van der Waals surface area contributed by atoms with Crippen LogP contribution in [-0.4, -0.2) is 55.2 Å². The first-order valence-corrected chi connectivity index (χ1v) is 9.26. The molecule has 2 heterocycles. The molecule has 1 amide bonds. The lowest BCUT2D eigenvalue weighted by Crippen LogP contribution is -2.47. The molecule has 2 aliphatic heterocycles. The number of amides is 1. The molecule has 2 fully saturated rings. The van der Waals surface area contributed by atoms with E-state index in [1.165, 1.54) is 17.0 Å². The van der Waals surface area contributed by atoms with E-state index in [1.54, 1.807) is 0 Å². The molecule has 2 saturated heterocycles. The van der Waals surface area contributed by atoms with Gasteiger partial charge >= 0.3 is 6.18 Å². The number of halogens is 5. The van der Waals surface area contributed by atoms with E-state index >= 15 is 0 Å². The average molecular weight is 435 g/mol. The maximum Gasteiger partial charge on any atom is 0.416 e. The Balaban J connectivity index is 0.00000300. The van der Waals surface area contributed by atoms with E-state index < -0.39 is 24.0 Å². The number of benzene rings is 1. The summed E-state index contributed by atoms with van der Waals surface area (Å²) in [6, 6.07) is 6.47. The van der Waals surface area contributed by atoms with Gasteiger partial charge in [0.1, 0.15) is 12.2 Å². The smallest absolute Gasteiger partial charge is 0.371 e. The van der Waals surface area contributed by atoms with Crippen molar-refractivity contribution in [3.63, 3.8) is 0 Å². The fourth-order valence-corrected chi connectivity index (χ4v) is 3.72. The maximum atomic E-state index is 13.4. The zero-order valence-electron chi connectivity index (χ0n) is 15.7. The van der Waals surface area contributed by atoms with Gasteiger partial charge in [0.05, 0.1) is 24.7 Å². The Labute approximate surface area is 173 Å². The van der Waals surface area contributed by atoms with Crippen molar-refractivity contribution in [3.8, 4) is 6.07 Å². The molecule has 10 heteroatoms. The summed E-state index contributed by atoms with van der Waals surface area (Å²) in [6.45, 7) is 1.34. The zero-order chi connectivity index (χ0) is 20.3. The topological polar surface area (TPSA) is 59.4 Å². The molecule has 5 nitrogen and oxygen atoms in total. The third-order valence-electron chi connectivity index (χ3n) is 5.32. The number of anilines is 1.